The number of anilines is 1. The lowest BCUT2D eigenvalue weighted by Gasteiger charge is -2.09. The Morgan fingerprint density at radius 2 is 2.14 bits per heavy atom. The number of nitriles is 1. The number of ether oxygens (including phenoxy) is 1. The molecule has 0 atom stereocenters. The van der Waals surface area contributed by atoms with E-state index in [0.717, 1.165) is 11.1 Å². The standard InChI is InChI=1S/C15H14N4O2/c1-11(20)21-7-6-18-15-13(9-16)8-14(10-19-15)12-2-4-17-5-3-12/h2-5,8,10H,6-7H2,1H3,(H,18,19). The Hall–Kier alpha value is -2.94. The molecular weight excluding hydrogens is 268 g/mol. The molecule has 0 saturated heterocycles. The summed E-state index contributed by atoms with van der Waals surface area (Å²) in [4.78, 5) is 18.9. The number of esters is 1. The van der Waals surface area contributed by atoms with E-state index in [0.29, 0.717) is 17.9 Å². The molecular formula is C15H14N4O2. The summed E-state index contributed by atoms with van der Waals surface area (Å²) in [6.45, 7) is 1.98. The molecule has 0 spiro atoms. The molecule has 0 saturated carbocycles. The summed E-state index contributed by atoms with van der Waals surface area (Å²) in [5.41, 5.74) is 2.23. The molecule has 2 aromatic rings. The third-order valence-electron chi connectivity index (χ3n) is 2.72. The molecule has 2 heterocycles. The molecule has 1 N–H and O–H groups in total. The second-order valence-electron chi connectivity index (χ2n) is 4.23. The first-order chi connectivity index (χ1) is 10.2. The van der Waals surface area contributed by atoms with Gasteiger partial charge in [-0.05, 0) is 23.8 Å². The van der Waals surface area contributed by atoms with Crippen LogP contribution in [0.1, 0.15) is 12.5 Å². The van der Waals surface area contributed by atoms with E-state index in [-0.39, 0.29) is 12.6 Å². The van der Waals surface area contributed by atoms with Gasteiger partial charge in [0, 0.05) is 31.1 Å². The highest BCUT2D eigenvalue weighted by Gasteiger charge is 2.06. The van der Waals surface area contributed by atoms with Gasteiger partial charge in [0.2, 0.25) is 0 Å². The lowest BCUT2D eigenvalue weighted by molar-refractivity contribution is -0.140. The van der Waals surface area contributed by atoms with Gasteiger partial charge >= 0.3 is 5.97 Å². The van der Waals surface area contributed by atoms with E-state index in [1.165, 1.54) is 6.92 Å². The predicted molar refractivity (Wildman–Crippen MR) is 77.3 cm³/mol. The van der Waals surface area contributed by atoms with Crippen molar-refractivity contribution in [3.05, 3.63) is 42.4 Å². The van der Waals surface area contributed by atoms with Crippen molar-refractivity contribution in [3.8, 4) is 17.2 Å². The Morgan fingerprint density at radius 1 is 1.38 bits per heavy atom. The molecule has 0 aliphatic carbocycles. The van der Waals surface area contributed by atoms with Crippen LogP contribution < -0.4 is 5.32 Å². The Morgan fingerprint density at radius 3 is 2.81 bits per heavy atom. The number of nitrogens with zero attached hydrogens (tertiary/aromatic N) is 3. The van der Waals surface area contributed by atoms with Crippen molar-refractivity contribution in [2.45, 2.75) is 6.92 Å². The van der Waals surface area contributed by atoms with Crippen molar-refractivity contribution in [1.29, 1.82) is 5.26 Å². The lowest BCUT2D eigenvalue weighted by atomic mass is 10.1. The topological polar surface area (TPSA) is 87.9 Å². The van der Waals surface area contributed by atoms with Crippen LogP contribution in [0, 0.1) is 11.3 Å². The van der Waals surface area contributed by atoms with Gasteiger partial charge in [0.05, 0.1) is 12.1 Å². The monoisotopic (exact) mass is 282 g/mol. The van der Waals surface area contributed by atoms with Crippen LogP contribution in [0.15, 0.2) is 36.8 Å². The highest BCUT2D eigenvalue weighted by atomic mass is 16.5. The minimum absolute atomic E-state index is 0.230. The van der Waals surface area contributed by atoms with Gasteiger partial charge in [-0.3, -0.25) is 9.78 Å². The van der Waals surface area contributed by atoms with Crippen LogP contribution in [0.2, 0.25) is 0 Å². The number of nitrogens with one attached hydrogen (secondary N) is 1. The largest absolute Gasteiger partial charge is 0.464 e. The smallest absolute Gasteiger partial charge is 0.302 e. The lowest BCUT2D eigenvalue weighted by Crippen LogP contribution is -2.13. The molecule has 0 aliphatic rings. The number of hydrogen-bond acceptors (Lipinski definition) is 6. The van der Waals surface area contributed by atoms with Gasteiger partial charge in [0.15, 0.2) is 0 Å². The number of aromatic nitrogens is 2. The Balaban J connectivity index is 2.10. The third-order valence-corrected chi connectivity index (χ3v) is 2.72. The molecule has 0 aromatic carbocycles. The Bertz CT molecular complexity index is 665. The van der Waals surface area contributed by atoms with Gasteiger partial charge in [0.1, 0.15) is 18.5 Å². The van der Waals surface area contributed by atoms with E-state index in [1.807, 2.05) is 12.1 Å². The SMILES string of the molecule is CC(=O)OCCNc1ncc(-c2ccncc2)cc1C#N. The molecule has 2 rings (SSSR count). The van der Waals surface area contributed by atoms with E-state index in [2.05, 4.69) is 21.4 Å². The van der Waals surface area contributed by atoms with Gasteiger partial charge in [-0.1, -0.05) is 0 Å². The highest BCUT2D eigenvalue weighted by Crippen LogP contribution is 2.21. The summed E-state index contributed by atoms with van der Waals surface area (Å²) >= 11 is 0. The van der Waals surface area contributed by atoms with Gasteiger partial charge in [-0.25, -0.2) is 4.98 Å². The van der Waals surface area contributed by atoms with Gasteiger partial charge in [-0.15, -0.1) is 0 Å². The molecule has 106 valence electrons. The predicted octanol–water partition coefficient (Wildman–Crippen LogP) is 1.99. The maximum absolute atomic E-state index is 10.7. The molecule has 0 bridgehead atoms. The maximum Gasteiger partial charge on any atom is 0.302 e. The summed E-state index contributed by atoms with van der Waals surface area (Å²) in [5.74, 6) is 0.140. The van der Waals surface area contributed by atoms with Crippen LogP contribution in [0.4, 0.5) is 5.82 Å². The summed E-state index contributed by atoms with van der Waals surface area (Å²) in [6.07, 6.45) is 5.06. The molecule has 6 heteroatoms. The fourth-order valence-corrected chi connectivity index (χ4v) is 1.76. The third kappa shape index (κ3) is 4.01. The number of pyridine rings is 2. The number of rotatable bonds is 5. The van der Waals surface area contributed by atoms with Crippen molar-refractivity contribution >= 4 is 11.8 Å². The van der Waals surface area contributed by atoms with Crippen LogP contribution in [0.3, 0.4) is 0 Å². The Labute approximate surface area is 122 Å². The van der Waals surface area contributed by atoms with Crippen molar-refractivity contribution < 1.29 is 9.53 Å². The molecule has 6 nitrogen and oxygen atoms in total. The molecule has 21 heavy (non-hydrogen) atoms. The molecule has 0 unspecified atom stereocenters. The van der Waals surface area contributed by atoms with Crippen LogP contribution >= 0.6 is 0 Å². The van der Waals surface area contributed by atoms with Crippen LogP contribution in [-0.2, 0) is 9.53 Å². The van der Waals surface area contributed by atoms with Crippen LogP contribution in [0.5, 0.6) is 0 Å². The van der Waals surface area contributed by atoms with Crippen LogP contribution in [0.25, 0.3) is 11.1 Å². The van der Waals surface area contributed by atoms with Gasteiger partial charge in [0.25, 0.3) is 0 Å². The summed E-state index contributed by atoms with van der Waals surface area (Å²) in [5, 5.41) is 12.2. The van der Waals surface area contributed by atoms with E-state index >= 15 is 0 Å². The van der Waals surface area contributed by atoms with Crippen molar-refractivity contribution in [3.63, 3.8) is 0 Å². The fourth-order valence-electron chi connectivity index (χ4n) is 1.76. The zero-order chi connectivity index (χ0) is 15.1. The van der Waals surface area contributed by atoms with E-state index in [9.17, 15) is 10.1 Å². The average Bonchev–Trinajstić information content (AvgIpc) is 2.52. The fraction of sp³-hybridized carbons (Fsp3) is 0.200. The zero-order valence-electron chi connectivity index (χ0n) is 11.5. The van der Waals surface area contributed by atoms with Crippen molar-refractivity contribution in [2.75, 3.05) is 18.5 Å². The average molecular weight is 282 g/mol. The van der Waals surface area contributed by atoms with Crippen molar-refractivity contribution in [2.24, 2.45) is 0 Å². The molecule has 0 fully saturated rings. The summed E-state index contributed by atoms with van der Waals surface area (Å²) in [7, 11) is 0. The van der Waals surface area contributed by atoms with Gasteiger partial charge in [-0.2, -0.15) is 5.26 Å². The summed E-state index contributed by atoms with van der Waals surface area (Å²) in [6, 6.07) is 7.57. The first kappa shape index (κ1) is 14.5. The minimum atomic E-state index is -0.335. The Kier molecular flexibility index (Phi) is 4.83. The first-order valence-electron chi connectivity index (χ1n) is 6.38. The van der Waals surface area contributed by atoms with Crippen molar-refractivity contribution in [1.82, 2.24) is 9.97 Å². The first-order valence-corrected chi connectivity index (χ1v) is 6.38. The number of carbonyl (C=O) groups excluding carboxylic acids is 1. The molecule has 0 amide bonds. The maximum atomic E-state index is 10.7. The summed E-state index contributed by atoms with van der Waals surface area (Å²) < 4.78 is 4.81. The zero-order valence-corrected chi connectivity index (χ0v) is 11.5. The van der Waals surface area contributed by atoms with Gasteiger partial charge < -0.3 is 10.1 Å². The number of hydrogen-bond donors (Lipinski definition) is 1. The van der Waals surface area contributed by atoms with E-state index in [1.54, 1.807) is 24.7 Å². The normalized spacial score (nSPS) is 9.71. The molecule has 0 aliphatic heterocycles. The van der Waals surface area contributed by atoms with Crippen LogP contribution in [-0.4, -0.2) is 29.1 Å². The highest BCUT2D eigenvalue weighted by molar-refractivity contribution is 5.67. The van der Waals surface area contributed by atoms with E-state index in [4.69, 9.17) is 4.74 Å². The molecule has 2 aromatic heterocycles. The number of carbonyl (C=O) groups is 1. The minimum Gasteiger partial charge on any atom is -0.464 e. The molecule has 0 radical (unpaired) electrons. The quantitative estimate of drug-likeness (QED) is 0.666. The second kappa shape index (κ2) is 7.01. The van der Waals surface area contributed by atoms with E-state index < -0.39 is 0 Å². The second-order valence-corrected chi connectivity index (χ2v) is 4.23.